The van der Waals surface area contributed by atoms with Gasteiger partial charge in [-0.05, 0) is 42.8 Å². The van der Waals surface area contributed by atoms with E-state index in [2.05, 4.69) is 16.0 Å². The summed E-state index contributed by atoms with van der Waals surface area (Å²) in [6.45, 7) is 2.72. The molecule has 8 heteroatoms. The molecule has 2 rings (SSSR count). The van der Waals surface area contributed by atoms with Crippen LogP contribution in [0.15, 0.2) is 36.4 Å². The monoisotopic (exact) mass is 380 g/mol. The topological polar surface area (TPSA) is 96.2 Å². The van der Waals surface area contributed by atoms with Crippen LogP contribution in [0.25, 0.3) is 0 Å². The summed E-state index contributed by atoms with van der Waals surface area (Å²) in [5.41, 5.74) is 7.13. The molecule has 0 unspecified atom stereocenters. The SMILES string of the molecule is CCCNc1ccc(NC(=O)Nc2cc(Cl)ccc2Cl)cc1C(N)=O. The lowest BCUT2D eigenvalue weighted by molar-refractivity contribution is 0.100. The van der Waals surface area contributed by atoms with Crippen molar-refractivity contribution >= 4 is 52.2 Å². The predicted octanol–water partition coefficient (Wildman–Crippen LogP) is 4.56. The fourth-order valence-electron chi connectivity index (χ4n) is 2.12. The summed E-state index contributed by atoms with van der Waals surface area (Å²) in [5, 5.41) is 9.15. The number of halogens is 2. The van der Waals surface area contributed by atoms with E-state index in [1.54, 1.807) is 24.3 Å². The van der Waals surface area contributed by atoms with Gasteiger partial charge in [-0.15, -0.1) is 0 Å². The molecule has 0 saturated heterocycles. The highest BCUT2D eigenvalue weighted by Gasteiger charge is 2.11. The van der Waals surface area contributed by atoms with Crippen molar-refractivity contribution in [2.45, 2.75) is 13.3 Å². The van der Waals surface area contributed by atoms with Crippen molar-refractivity contribution in [1.82, 2.24) is 0 Å². The highest BCUT2D eigenvalue weighted by Crippen LogP contribution is 2.26. The number of hydrogen-bond donors (Lipinski definition) is 4. The smallest absolute Gasteiger partial charge is 0.323 e. The minimum Gasteiger partial charge on any atom is -0.384 e. The molecule has 0 aromatic heterocycles. The van der Waals surface area contributed by atoms with Crippen molar-refractivity contribution < 1.29 is 9.59 Å². The van der Waals surface area contributed by atoms with Crippen molar-refractivity contribution in [1.29, 1.82) is 0 Å². The van der Waals surface area contributed by atoms with Crippen LogP contribution in [0.2, 0.25) is 10.0 Å². The van der Waals surface area contributed by atoms with Crippen molar-refractivity contribution in [3.05, 3.63) is 52.0 Å². The first kappa shape index (κ1) is 18.9. The van der Waals surface area contributed by atoms with E-state index in [9.17, 15) is 9.59 Å². The van der Waals surface area contributed by atoms with Gasteiger partial charge in [0.2, 0.25) is 0 Å². The van der Waals surface area contributed by atoms with Gasteiger partial charge in [-0.2, -0.15) is 0 Å². The summed E-state index contributed by atoms with van der Waals surface area (Å²) in [4.78, 5) is 23.7. The van der Waals surface area contributed by atoms with Crippen molar-refractivity contribution in [3.63, 3.8) is 0 Å². The molecule has 2 aromatic rings. The molecule has 0 spiro atoms. The number of carbonyl (C=O) groups excluding carboxylic acids is 2. The van der Waals surface area contributed by atoms with Crippen molar-refractivity contribution in [2.75, 3.05) is 22.5 Å². The number of carbonyl (C=O) groups is 2. The number of nitrogens with two attached hydrogens (primary N) is 1. The highest BCUT2D eigenvalue weighted by molar-refractivity contribution is 6.35. The molecule has 6 nitrogen and oxygen atoms in total. The van der Waals surface area contributed by atoms with Gasteiger partial charge >= 0.3 is 6.03 Å². The van der Waals surface area contributed by atoms with E-state index in [-0.39, 0.29) is 0 Å². The van der Waals surface area contributed by atoms with Crippen molar-refractivity contribution in [2.24, 2.45) is 5.73 Å². The summed E-state index contributed by atoms with van der Waals surface area (Å²) in [5.74, 6) is -0.583. The first-order chi connectivity index (χ1) is 11.9. The summed E-state index contributed by atoms with van der Waals surface area (Å²) < 4.78 is 0. The van der Waals surface area contributed by atoms with Gasteiger partial charge in [-0.3, -0.25) is 4.79 Å². The van der Waals surface area contributed by atoms with Crippen molar-refractivity contribution in [3.8, 4) is 0 Å². The van der Waals surface area contributed by atoms with Gasteiger partial charge in [0.05, 0.1) is 16.3 Å². The summed E-state index contributed by atoms with van der Waals surface area (Å²) >= 11 is 11.9. The largest absolute Gasteiger partial charge is 0.384 e. The van der Waals surface area contributed by atoms with Gasteiger partial charge in [0, 0.05) is 22.9 Å². The number of anilines is 3. The Labute approximate surface area is 155 Å². The summed E-state index contributed by atoms with van der Waals surface area (Å²) in [6.07, 6.45) is 0.904. The van der Waals surface area contributed by atoms with Gasteiger partial charge in [0.1, 0.15) is 0 Å². The average Bonchev–Trinajstić information content (AvgIpc) is 2.56. The van der Waals surface area contributed by atoms with E-state index in [0.29, 0.717) is 39.2 Å². The summed E-state index contributed by atoms with van der Waals surface area (Å²) in [7, 11) is 0. The Morgan fingerprint density at radius 3 is 2.48 bits per heavy atom. The Morgan fingerprint density at radius 1 is 1.04 bits per heavy atom. The fraction of sp³-hybridized carbons (Fsp3) is 0.176. The zero-order chi connectivity index (χ0) is 18.4. The second-order valence-electron chi connectivity index (χ2n) is 5.25. The molecule has 0 saturated carbocycles. The minimum atomic E-state index is -0.583. The van der Waals surface area contributed by atoms with E-state index in [1.807, 2.05) is 6.92 Å². The third-order valence-electron chi connectivity index (χ3n) is 3.28. The Balaban J connectivity index is 2.13. The summed E-state index contributed by atoms with van der Waals surface area (Å²) in [6, 6.07) is 9.10. The van der Waals surface area contributed by atoms with Gasteiger partial charge in [0.15, 0.2) is 0 Å². The molecule has 0 atom stereocenters. The van der Waals surface area contributed by atoms with E-state index in [0.717, 1.165) is 6.42 Å². The first-order valence-corrected chi connectivity index (χ1v) is 8.37. The standard InChI is InChI=1S/C17H18Cl2N4O2/c1-2-7-21-14-6-4-11(9-12(14)16(20)24)22-17(25)23-15-8-10(18)3-5-13(15)19/h3-6,8-9,21H,2,7H2,1H3,(H2,20,24)(H2,22,23,25). The Bertz CT molecular complexity index is 796. The number of benzene rings is 2. The molecule has 5 N–H and O–H groups in total. The van der Waals surface area contributed by atoms with Crippen LogP contribution in [0.5, 0.6) is 0 Å². The fourth-order valence-corrected chi connectivity index (χ4v) is 2.45. The predicted molar refractivity (Wildman–Crippen MR) is 103 cm³/mol. The number of rotatable bonds is 6. The van der Waals surface area contributed by atoms with Gasteiger partial charge in [-0.25, -0.2) is 4.79 Å². The van der Waals surface area contributed by atoms with E-state index in [4.69, 9.17) is 28.9 Å². The molecule has 0 aliphatic heterocycles. The average molecular weight is 381 g/mol. The van der Waals surface area contributed by atoms with Crippen LogP contribution < -0.4 is 21.7 Å². The molecule has 0 radical (unpaired) electrons. The molecule has 3 amide bonds. The molecule has 0 aliphatic carbocycles. The third-order valence-corrected chi connectivity index (χ3v) is 3.85. The number of nitrogens with one attached hydrogen (secondary N) is 3. The van der Waals surface area contributed by atoms with Gasteiger partial charge in [0.25, 0.3) is 5.91 Å². The Hall–Kier alpha value is -2.44. The van der Waals surface area contributed by atoms with Crippen LogP contribution in [0.1, 0.15) is 23.7 Å². The number of primary amides is 1. The molecular weight excluding hydrogens is 363 g/mol. The Morgan fingerprint density at radius 2 is 1.80 bits per heavy atom. The lowest BCUT2D eigenvalue weighted by Gasteiger charge is -2.13. The molecular formula is C17H18Cl2N4O2. The molecule has 132 valence electrons. The zero-order valence-corrected chi connectivity index (χ0v) is 15.0. The number of amides is 3. The van der Waals surface area contributed by atoms with E-state index < -0.39 is 11.9 Å². The lowest BCUT2D eigenvalue weighted by atomic mass is 10.1. The molecule has 25 heavy (non-hydrogen) atoms. The van der Waals surface area contributed by atoms with Crippen LogP contribution in [0.4, 0.5) is 21.9 Å². The molecule has 0 fully saturated rings. The highest BCUT2D eigenvalue weighted by atomic mass is 35.5. The quantitative estimate of drug-likeness (QED) is 0.591. The van der Waals surface area contributed by atoms with Crippen LogP contribution in [0.3, 0.4) is 0 Å². The molecule has 0 bridgehead atoms. The third kappa shape index (κ3) is 5.27. The maximum atomic E-state index is 12.1. The van der Waals surface area contributed by atoms with Crippen LogP contribution in [-0.2, 0) is 0 Å². The normalized spacial score (nSPS) is 10.2. The number of hydrogen-bond acceptors (Lipinski definition) is 3. The second kappa shape index (κ2) is 8.60. The lowest BCUT2D eigenvalue weighted by Crippen LogP contribution is -2.21. The van der Waals surface area contributed by atoms with Crippen LogP contribution >= 0.6 is 23.2 Å². The Kier molecular flexibility index (Phi) is 6.50. The first-order valence-electron chi connectivity index (χ1n) is 7.61. The van der Waals surface area contributed by atoms with E-state index >= 15 is 0 Å². The van der Waals surface area contributed by atoms with Crippen LogP contribution in [0, 0.1) is 0 Å². The van der Waals surface area contributed by atoms with Crippen LogP contribution in [-0.4, -0.2) is 18.5 Å². The maximum absolute atomic E-state index is 12.1. The van der Waals surface area contributed by atoms with Gasteiger partial charge in [-0.1, -0.05) is 30.1 Å². The number of urea groups is 1. The minimum absolute atomic E-state index is 0.298. The zero-order valence-electron chi connectivity index (χ0n) is 13.5. The second-order valence-corrected chi connectivity index (χ2v) is 6.10. The van der Waals surface area contributed by atoms with E-state index in [1.165, 1.54) is 12.1 Å². The molecule has 0 heterocycles. The molecule has 2 aromatic carbocycles. The molecule has 0 aliphatic rings. The van der Waals surface area contributed by atoms with Gasteiger partial charge < -0.3 is 21.7 Å². The maximum Gasteiger partial charge on any atom is 0.323 e.